The van der Waals surface area contributed by atoms with E-state index in [1.54, 1.807) is 7.11 Å². The van der Waals surface area contributed by atoms with Gasteiger partial charge in [0.1, 0.15) is 12.6 Å². The van der Waals surface area contributed by atoms with Gasteiger partial charge in [0, 0.05) is 12.6 Å². The van der Waals surface area contributed by atoms with Crippen LogP contribution in [0, 0.1) is 5.92 Å². The minimum atomic E-state index is -0.698. The van der Waals surface area contributed by atoms with E-state index in [2.05, 4.69) is 4.90 Å². The van der Waals surface area contributed by atoms with E-state index >= 15 is 0 Å². The Morgan fingerprint density at radius 3 is 2.74 bits per heavy atom. The number of benzene rings is 1. The molecular formula is C18H25NO4. The van der Waals surface area contributed by atoms with Crippen molar-refractivity contribution in [1.29, 1.82) is 0 Å². The number of para-hydroxylation sites is 2. The van der Waals surface area contributed by atoms with Gasteiger partial charge in [-0.1, -0.05) is 25.0 Å². The Kier molecular flexibility index (Phi) is 5.06. The van der Waals surface area contributed by atoms with Gasteiger partial charge in [0.05, 0.1) is 7.11 Å². The lowest BCUT2D eigenvalue weighted by Crippen LogP contribution is -2.44. The molecule has 1 aromatic carbocycles. The molecule has 1 N–H and O–H groups in total. The normalized spacial score (nSPS) is 27.4. The van der Waals surface area contributed by atoms with Crippen LogP contribution < -0.4 is 9.47 Å². The SMILES string of the molecule is COc1ccccc1OCCN1[C@@H]2CCCC[C@H]2C[C@H]1C(=O)O. The van der Waals surface area contributed by atoms with Gasteiger partial charge in [0.25, 0.3) is 0 Å². The molecule has 5 nitrogen and oxygen atoms in total. The molecule has 0 radical (unpaired) electrons. The Bertz CT molecular complexity index is 548. The van der Waals surface area contributed by atoms with Crippen LogP contribution in [0.3, 0.4) is 0 Å². The lowest BCUT2D eigenvalue weighted by Gasteiger charge is -2.32. The van der Waals surface area contributed by atoms with Crippen LogP contribution in [-0.4, -0.2) is 48.3 Å². The molecule has 0 unspecified atom stereocenters. The van der Waals surface area contributed by atoms with Gasteiger partial charge in [-0.05, 0) is 37.3 Å². The molecular weight excluding hydrogens is 294 g/mol. The van der Waals surface area contributed by atoms with Crippen LogP contribution in [-0.2, 0) is 4.79 Å². The Balaban J connectivity index is 1.62. The lowest BCUT2D eigenvalue weighted by molar-refractivity contribution is -0.142. The van der Waals surface area contributed by atoms with Gasteiger partial charge in [-0.3, -0.25) is 9.69 Å². The average Bonchev–Trinajstić information content (AvgIpc) is 2.94. The maximum absolute atomic E-state index is 11.6. The zero-order chi connectivity index (χ0) is 16.2. The van der Waals surface area contributed by atoms with Crippen molar-refractivity contribution in [2.45, 2.75) is 44.2 Å². The number of hydrogen-bond acceptors (Lipinski definition) is 4. The quantitative estimate of drug-likeness (QED) is 0.874. The first kappa shape index (κ1) is 16.1. The summed E-state index contributed by atoms with van der Waals surface area (Å²) in [5, 5.41) is 9.53. The number of hydrogen-bond donors (Lipinski definition) is 1. The largest absolute Gasteiger partial charge is 0.493 e. The van der Waals surface area contributed by atoms with Gasteiger partial charge in [-0.25, -0.2) is 0 Å². The summed E-state index contributed by atoms with van der Waals surface area (Å²) in [6.45, 7) is 1.13. The molecule has 23 heavy (non-hydrogen) atoms. The molecule has 1 heterocycles. The monoisotopic (exact) mass is 319 g/mol. The van der Waals surface area contributed by atoms with Crippen LogP contribution in [0.2, 0.25) is 0 Å². The number of fused-ring (bicyclic) bond motifs is 1. The van der Waals surface area contributed by atoms with Crippen molar-refractivity contribution < 1.29 is 19.4 Å². The van der Waals surface area contributed by atoms with E-state index in [1.807, 2.05) is 24.3 Å². The number of carbonyl (C=O) groups is 1. The van der Waals surface area contributed by atoms with Crippen molar-refractivity contribution in [3.8, 4) is 11.5 Å². The highest BCUT2D eigenvalue weighted by molar-refractivity contribution is 5.74. The molecule has 1 aromatic rings. The fourth-order valence-electron chi connectivity index (χ4n) is 4.12. The number of carboxylic acid groups (broad SMARTS) is 1. The van der Waals surface area contributed by atoms with Crippen LogP contribution in [0.15, 0.2) is 24.3 Å². The Morgan fingerprint density at radius 1 is 1.26 bits per heavy atom. The minimum absolute atomic E-state index is 0.357. The zero-order valence-corrected chi connectivity index (χ0v) is 13.6. The summed E-state index contributed by atoms with van der Waals surface area (Å²) in [5.74, 6) is 1.26. The second-order valence-electron chi connectivity index (χ2n) is 6.44. The summed E-state index contributed by atoms with van der Waals surface area (Å²) in [6, 6.07) is 7.60. The van der Waals surface area contributed by atoms with Crippen LogP contribution >= 0.6 is 0 Å². The van der Waals surface area contributed by atoms with E-state index in [-0.39, 0.29) is 6.04 Å². The Labute approximate surface area is 137 Å². The molecule has 0 aromatic heterocycles. The number of aliphatic carboxylic acids is 1. The van der Waals surface area contributed by atoms with E-state index < -0.39 is 5.97 Å². The lowest BCUT2D eigenvalue weighted by atomic mass is 9.85. The topological polar surface area (TPSA) is 59.0 Å². The van der Waals surface area contributed by atoms with E-state index in [0.717, 1.165) is 19.3 Å². The molecule has 126 valence electrons. The number of likely N-dealkylation sites (tertiary alicyclic amines) is 1. The van der Waals surface area contributed by atoms with E-state index in [0.29, 0.717) is 36.6 Å². The molecule has 0 amide bonds. The second-order valence-corrected chi connectivity index (χ2v) is 6.44. The van der Waals surface area contributed by atoms with Crippen LogP contribution in [0.5, 0.6) is 11.5 Å². The predicted molar refractivity (Wildman–Crippen MR) is 87.0 cm³/mol. The van der Waals surface area contributed by atoms with Gasteiger partial charge in [-0.15, -0.1) is 0 Å². The van der Waals surface area contributed by atoms with Crippen molar-refractivity contribution in [2.24, 2.45) is 5.92 Å². The van der Waals surface area contributed by atoms with Gasteiger partial charge >= 0.3 is 5.97 Å². The third-order valence-corrected chi connectivity index (χ3v) is 5.18. The van der Waals surface area contributed by atoms with Gasteiger partial charge in [0.15, 0.2) is 11.5 Å². The number of nitrogens with zero attached hydrogens (tertiary/aromatic N) is 1. The molecule has 3 rings (SSSR count). The van der Waals surface area contributed by atoms with E-state index in [9.17, 15) is 9.90 Å². The summed E-state index contributed by atoms with van der Waals surface area (Å²) in [4.78, 5) is 13.7. The second kappa shape index (κ2) is 7.21. The number of methoxy groups -OCH3 is 1. The van der Waals surface area contributed by atoms with Gasteiger partial charge in [0.2, 0.25) is 0 Å². The molecule has 1 saturated heterocycles. The van der Waals surface area contributed by atoms with Crippen LogP contribution in [0.4, 0.5) is 0 Å². The summed E-state index contributed by atoms with van der Waals surface area (Å²) in [7, 11) is 1.62. The van der Waals surface area contributed by atoms with Gasteiger partial charge in [-0.2, -0.15) is 0 Å². The molecule has 2 aliphatic rings. The first-order valence-corrected chi connectivity index (χ1v) is 8.45. The summed E-state index contributed by atoms with van der Waals surface area (Å²) in [5.41, 5.74) is 0. The summed E-state index contributed by atoms with van der Waals surface area (Å²) >= 11 is 0. The Hall–Kier alpha value is -1.75. The molecule has 0 spiro atoms. The van der Waals surface area contributed by atoms with E-state index in [4.69, 9.17) is 9.47 Å². The van der Waals surface area contributed by atoms with Crippen molar-refractivity contribution in [2.75, 3.05) is 20.3 Å². The number of ether oxygens (including phenoxy) is 2. The molecule has 0 bridgehead atoms. The van der Waals surface area contributed by atoms with Gasteiger partial charge < -0.3 is 14.6 Å². The molecule has 1 aliphatic heterocycles. The smallest absolute Gasteiger partial charge is 0.320 e. The highest BCUT2D eigenvalue weighted by Crippen LogP contribution is 2.39. The molecule has 5 heteroatoms. The van der Waals surface area contributed by atoms with Crippen molar-refractivity contribution >= 4 is 5.97 Å². The fraction of sp³-hybridized carbons (Fsp3) is 0.611. The number of rotatable bonds is 6. The highest BCUT2D eigenvalue weighted by Gasteiger charge is 2.44. The standard InChI is InChI=1S/C18H25NO4/c1-22-16-8-4-5-9-17(16)23-11-10-19-14-7-3-2-6-13(14)12-15(19)18(20)21/h4-5,8-9,13-15H,2-3,6-7,10-12H2,1H3,(H,20,21)/t13-,14+,15-/m0/s1. The third-order valence-electron chi connectivity index (χ3n) is 5.18. The third kappa shape index (κ3) is 3.44. The molecule has 2 fully saturated rings. The van der Waals surface area contributed by atoms with Crippen molar-refractivity contribution in [3.63, 3.8) is 0 Å². The van der Waals surface area contributed by atoms with E-state index in [1.165, 1.54) is 12.8 Å². The average molecular weight is 319 g/mol. The zero-order valence-electron chi connectivity index (χ0n) is 13.6. The molecule has 1 aliphatic carbocycles. The fourth-order valence-corrected chi connectivity index (χ4v) is 4.12. The first-order valence-electron chi connectivity index (χ1n) is 8.45. The highest BCUT2D eigenvalue weighted by atomic mass is 16.5. The number of carboxylic acids is 1. The predicted octanol–water partition coefficient (Wildman–Crippen LogP) is 2.79. The molecule has 3 atom stereocenters. The first-order chi connectivity index (χ1) is 11.2. The summed E-state index contributed by atoms with van der Waals surface area (Å²) in [6.07, 6.45) is 5.51. The van der Waals surface area contributed by atoms with Crippen molar-refractivity contribution in [3.05, 3.63) is 24.3 Å². The minimum Gasteiger partial charge on any atom is -0.493 e. The van der Waals surface area contributed by atoms with Crippen LogP contribution in [0.25, 0.3) is 0 Å². The Morgan fingerprint density at radius 2 is 2.00 bits per heavy atom. The summed E-state index contributed by atoms with van der Waals surface area (Å²) < 4.78 is 11.1. The van der Waals surface area contributed by atoms with Crippen molar-refractivity contribution in [1.82, 2.24) is 4.90 Å². The molecule has 1 saturated carbocycles. The maximum Gasteiger partial charge on any atom is 0.320 e. The maximum atomic E-state index is 11.6. The van der Waals surface area contributed by atoms with Crippen LogP contribution in [0.1, 0.15) is 32.1 Å².